The zero-order valence-electron chi connectivity index (χ0n) is 9.74. The fourth-order valence-corrected chi connectivity index (χ4v) is 1.14. The van der Waals surface area contributed by atoms with Crippen molar-refractivity contribution in [3.05, 3.63) is 12.2 Å². The number of aliphatic carboxylic acids is 1. The van der Waals surface area contributed by atoms with Gasteiger partial charge in [-0.15, -0.1) is 0 Å². The molecule has 0 fully saturated rings. The second-order valence-electron chi connectivity index (χ2n) is 4.72. The number of carbonyl (C=O) groups is 1. The first kappa shape index (κ1) is 13.2. The summed E-state index contributed by atoms with van der Waals surface area (Å²) in [5, 5.41) is 8.42. The van der Waals surface area contributed by atoms with E-state index in [1.165, 1.54) is 6.08 Å². The molecule has 82 valence electrons. The molecule has 0 aliphatic rings. The third-order valence-electron chi connectivity index (χ3n) is 2.57. The predicted octanol–water partition coefficient (Wildman–Crippen LogP) is 1.99. The van der Waals surface area contributed by atoms with Gasteiger partial charge >= 0.3 is 5.97 Å². The lowest BCUT2D eigenvalue weighted by Crippen LogP contribution is -2.39. The lowest BCUT2D eigenvalue weighted by Gasteiger charge is -2.34. The Hall–Kier alpha value is -0.830. The van der Waals surface area contributed by atoms with Crippen LogP contribution in [0.4, 0.5) is 0 Å². The molecule has 0 spiro atoms. The topological polar surface area (TPSA) is 40.5 Å². The van der Waals surface area contributed by atoms with Crippen molar-refractivity contribution >= 4 is 5.97 Å². The number of likely N-dealkylation sites (N-methyl/N-ethyl adjacent to an activating group) is 1. The maximum Gasteiger partial charge on any atom is 0.328 e. The van der Waals surface area contributed by atoms with Crippen LogP contribution in [-0.2, 0) is 4.79 Å². The largest absolute Gasteiger partial charge is 0.478 e. The molecule has 0 saturated heterocycles. The molecule has 1 N–H and O–H groups in total. The van der Waals surface area contributed by atoms with Gasteiger partial charge in [0.25, 0.3) is 0 Å². The average Bonchev–Trinajstić information content (AvgIpc) is 2.00. The van der Waals surface area contributed by atoms with Crippen molar-refractivity contribution in [2.75, 3.05) is 13.6 Å². The highest BCUT2D eigenvalue weighted by Gasteiger charge is 2.22. The number of rotatable bonds is 4. The Morgan fingerprint density at radius 1 is 1.50 bits per heavy atom. The van der Waals surface area contributed by atoms with Gasteiger partial charge in [-0.2, -0.15) is 0 Å². The van der Waals surface area contributed by atoms with Crippen LogP contribution in [0.1, 0.15) is 27.7 Å². The summed E-state index contributed by atoms with van der Waals surface area (Å²) in [5.74, 6) is -0.887. The number of nitrogens with zero attached hydrogens (tertiary/aromatic N) is 1. The molecule has 0 heterocycles. The molecule has 0 radical (unpaired) electrons. The summed E-state index contributed by atoms with van der Waals surface area (Å²) < 4.78 is 0. The molecule has 1 atom stereocenters. The summed E-state index contributed by atoms with van der Waals surface area (Å²) >= 11 is 0. The summed E-state index contributed by atoms with van der Waals surface area (Å²) in [7, 11) is 2.00. The molecule has 0 bridgehead atoms. The van der Waals surface area contributed by atoms with Crippen LogP contribution in [0.15, 0.2) is 12.2 Å². The van der Waals surface area contributed by atoms with Crippen LogP contribution in [0.2, 0.25) is 0 Å². The number of carboxylic acids is 1. The Morgan fingerprint density at radius 3 is 2.36 bits per heavy atom. The van der Waals surface area contributed by atoms with Crippen LogP contribution in [0.3, 0.4) is 0 Å². The van der Waals surface area contributed by atoms with Crippen LogP contribution in [0, 0.1) is 5.41 Å². The molecular formula is C11H21NO2. The summed E-state index contributed by atoms with van der Waals surface area (Å²) in [4.78, 5) is 12.4. The normalized spacial score (nSPS) is 15.0. The highest BCUT2D eigenvalue weighted by atomic mass is 16.4. The summed E-state index contributed by atoms with van der Waals surface area (Å²) in [6, 6.07) is 0.418. The average molecular weight is 199 g/mol. The summed E-state index contributed by atoms with van der Waals surface area (Å²) in [6.45, 7) is 9.35. The number of hydrogen-bond acceptors (Lipinski definition) is 2. The molecule has 0 aliphatic heterocycles. The Balaban J connectivity index is 4.09. The fourth-order valence-electron chi connectivity index (χ4n) is 1.14. The maximum atomic E-state index is 10.2. The van der Waals surface area contributed by atoms with E-state index < -0.39 is 5.97 Å². The van der Waals surface area contributed by atoms with Crippen LogP contribution >= 0.6 is 0 Å². The minimum Gasteiger partial charge on any atom is -0.478 e. The highest BCUT2D eigenvalue weighted by molar-refractivity contribution is 5.79. The van der Waals surface area contributed by atoms with E-state index in [4.69, 9.17) is 5.11 Å². The molecule has 0 aromatic rings. The fraction of sp³-hybridized carbons (Fsp3) is 0.727. The molecule has 1 unspecified atom stereocenters. The SMILES string of the molecule is CC(N(C)C/C=C/C(=O)O)C(C)(C)C. The first-order chi connectivity index (χ1) is 6.25. The van der Waals surface area contributed by atoms with E-state index >= 15 is 0 Å². The van der Waals surface area contributed by atoms with E-state index in [1.54, 1.807) is 6.08 Å². The van der Waals surface area contributed by atoms with Crippen molar-refractivity contribution in [3.63, 3.8) is 0 Å². The Kier molecular flexibility index (Phi) is 4.85. The van der Waals surface area contributed by atoms with Gasteiger partial charge in [-0.25, -0.2) is 4.79 Å². The van der Waals surface area contributed by atoms with E-state index in [0.29, 0.717) is 12.6 Å². The van der Waals surface area contributed by atoms with Gasteiger partial charge in [-0.05, 0) is 19.4 Å². The van der Waals surface area contributed by atoms with Crippen molar-refractivity contribution in [1.29, 1.82) is 0 Å². The van der Waals surface area contributed by atoms with Crippen LogP contribution in [0.5, 0.6) is 0 Å². The molecule has 0 aromatic carbocycles. The summed E-state index contributed by atoms with van der Waals surface area (Å²) in [5.41, 5.74) is 0.214. The first-order valence-corrected chi connectivity index (χ1v) is 4.85. The van der Waals surface area contributed by atoms with Gasteiger partial charge in [-0.1, -0.05) is 26.8 Å². The molecule has 3 nitrogen and oxygen atoms in total. The van der Waals surface area contributed by atoms with Gasteiger partial charge in [0.1, 0.15) is 0 Å². The number of hydrogen-bond donors (Lipinski definition) is 1. The van der Waals surface area contributed by atoms with E-state index in [1.807, 2.05) is 7.05 Å². The van der Waals surface area contributed by atoms with Crippen molar-refractivity contribution in [2.45, 2.75) is 33.7 Å². The van der Waals surface area contributed by atoms with Crippen molar-refractivity contribution < 1.29 is 9.90 Å². The smallest absolute Gasteiger partial charge is 0.328 e. The molecule has 14 heavy (non-hydrogen) atoms. The van der Waals surface area contributed by atoms with Gasteiger partial charge in [0.15, 0.2) is 0 Å². The monoisotopic (exact) mass is 199 g/mol. The molecule has 0 rings (SSSR count). The molecule has 0 saturated carbocycles. The number of carboxylic acid groups (broad SMARTS) is 1. The third kappa shape index (κ3) is 5.02. The quantitative estimate of drug-likeness (QED) is 0.704. The standard InChI is InChI=1S/C11H21NO2/c1-9(11(2,3)4)12(5)8-6-7-10(13)14/h6-7,9H,8H2,1-5H3,(H,13,14)/b7-6+. The Labute approximate surface area is 86.4 Å². The maximum absolute atomic E-state index is 10.2. The van der Waals surface area contributed by atoms with E-state index in [9.17, 15) is 4.79 Å². The Bertz CT molecular complexity index is 216. The lowest BCUT2D eigenvalue weighted by atomic mass is 9.87. The molecule has 0 aliphatic carbocycles. The zero-order chi connectivity index (χ0) is 11.4. The van der Waals surface area contributed by atoms with E-state index in [0.717, 1.165) is 0 Å². The van der Waals surface area contributed by atoms with Crippen molar-refractivity contribution in [2.24, 2.45) is 5.41 Å². The minimum atomic E-state index is -0.887. The summed E-state index contributed by atoms with van der Waals surface area (Å²) in [6.07, 6.45) is 2.86. The third-order valence-corrected chi connectivity index (χ3v) is 2.57. The van der Waals surface area contributed by atoms with Crippen molar-refractivity contribution in [1.82, 2.24) is 4.90 Å². The highest BCUT2D eigenvalue weighted by Crippen LogP contribution is 2.22. The second-order valence-corrected chi connectivity index (χ2v) is 4.72. The van der Waals surface area contributed by atoms with Crippen molar-refractivity contribution in [3.8, 4) is 0 Å². The molecule has 3 heteroatoms. The van der Waals surface area contributed by atoms with Gasteiger partial charge in [0.2, 0.25) is 0 Å². The second kappa shape index (κ2) is 5.15. The van der Waals surface area contributed by atoms with Gasteiger partial charge in [0, 0.05) is 18.7 Å². The van der Waals surface area contributed by atoms with Gasteiger partial charge in [0.05, 0.1) is 0 Å². The first-order valence-electron chi connectivity index (χ1n) is 4.85. The predicted molar refractivity (Wildman–Crippen MR) is 58.3 cm³/mol. The van der Waals surface area contributed by atoms with E-state index in [2.05, 4.69) is 32.6 Å². The van der Waals surface area contributed by atoms with Gasteiger partial charge in [-0.3, -0.25) is 4.90 Å². The van der Waals surface area contributed by atoms with Gasteiger partial charge < -0.3 is 5.11 Å². The zero-order valence-corrected chi connectivity index (χ0v) is 9.74. The van der Waals surface area contributed by atoms with E-state index in [-0.39, 0.29) is 5.41 Å². The minimum absolute atomic E-state index is 0.214. The van der Waals surface area contributed by atoms with Crippen LogP contribution in [-0.4, -0.2) is 35.6 Å². The molecule has 0 aromatic heterocycles. The Morgan fingerprint density at radius 2 is 2.00 bits per heavy atom. The molecule has 0 amide bonds. The van der Waals surface area contributed by atoms with Crippen LogP contribution in [0.25, 0.3) is 0 Å². The lowest BCUT2D eigenvalue weighted by molar-refractivity contribution is -0.131. The van der Waals surface area contributed by atoms with Crippen LogP contribution < -0.4 is 0 Å². The molecular weight excluding hydrogens is 178 g/mol.